The van der Waals surface area contributed by atoms with Gasteiger partial charge in [0.15, 0.2) is 5.78 Å². The lowest BCUT2D eigenvalue weighted by Gasteiger charge is -2.12. The molecule has 0 fully saturated rings. The zero-order valence-corrected chi connectivity index (χ0v) is 16.0. The maximum Gasteiger partial charge on any atom is 0.277 e. The monoisotopic (exact) mass is 381 g/mol. The molecule has 1 heterocycles. The molecular weight excluding hydrogens is 362 g/mol. The molecule has 0 saturated carbocycles. The second-order valence-electron chi connectivity index (χ2n) is 6.09. The van der Waals surface area contributed by atoms with E-state index >= 15 is 0 Å². The second kappa shape index (κ2) is 8.18. The minimum absolute atomic E-state index is 0.106. The number of rotatable bonds is 6. The molecule has 1 atom stereocenters. The Morgan fingerprint density at radius 2 is 1.78 bits per heavy atom. The highest BCUT2D eigenvalue weighted by atomic mass is 32.2. The average molecular weight is 381 g/mol. The van der Waals surface area contributed by atoms with E-state index in [1.54, 1.807) is 31.2 Å². The largest absolute Gasteiger partial charge is 0.411 e. The van der Waals surface area contributed by atoms with Gasteiger partial charge in [0.1, 0.15) is 0 Å². The third-order valence-electron chi connectivity index (χ3n) is 3.92. The number of ketones is 1. The quantitative estimate of drug-likeness (QED) is 0.504. The zero-order chi connectivity index (χ0) is 19.4. The van der Waals surface area contributed by atoms with E-state index in [0.717, 1.165) is 11.1 Å². The first-order valence-electron chi connectivity index (χ1n) is 8.42. The standard InChI is InChI=1S/C20H19N3O3S/c1-12-8-10-15(11-9-12)19-22-23-20(26-19)27-14(3)18(25)21-17-7-5-4-6-16(17)13(2)24/h4-11,14H,1-3H3,(H,21,25)/t14-/m0/s1. The summed E-state index contributed by atoms with van der Waals surface area (Å²) in [5, 5.41) is 10.7. The van der Waals surface area contributed by atoms with Gasteiger partial charge in [-0.3, -0.25) is 9.59 Å². The number of aryl methyl sites for hydroxylation is 1. The molecule has 0 aliphatic carbocycles. The van der Waals surface area contributed by atoms with Crippen LogP contribution in [0.15, 0.2) is 58.2 Å². The third-order valence-corrected chi connectivity index (χ3v) is 4.85. The first-order valence-corrected chi connectivity index (χ1v) is 9.30. The number of hydrogen-bond donors (Lipinski definition) is 1. The summed E-state index contributed by atoms with van der Waals surface area (Å²) in [5.41, 5.74) is 2.94. The molecule has 7 heteroatoms. The summed E-state index contributed by atoms with van der Waals surface area (Å²) in [4.78, 5) is 24.2. The number of amides is 1. The molecule has 3 aromatic rings. The van der Waals surface area contributed by atoms with Gasteiger partial charge in [-0.1, -0.05) is 41.6 Å². The van der Waals surface area contributed by atoms with E-state index in [4.69, 9.17) is 4.42 Å². The summed E-state index contributed by atoms with van der Waals surface area (Å²) in [5.74, 6) is 0.0571. The van der Waals surface area contributed by atoms with Gasteiger partial charge in [-0.05, 0) is 45.0 Å². The number of para-hydroxylation sites is 1. The van der Waals surface area contributed by atoms with Crippen molar-refractivity contribution < 1.29 is 14.0 Å². The summed E-state index contributed by atoms with van der Waals surface area (Å²) in [6.07, 6.45) is 0. The number of nitrogens with zero attached hydrogens (tertiary/aromatic N) is 2. The Bertz CT molecular complexity index is 967. The van der Waals surface area contributed by atoms with Crippen LogP contribution in [0.3, 0.4) is 0 Å². The molecule has 2 aromatic carbocycles. The molecule has 1 amide bonds. The highest BCUT2D eigenvalue weighted by Crippen LogP contribution is 2.27. The Kier molecular flexibility index (Phi) is 5.71. The molecule has 0 unspecified atom stereocenters. The van der Waals surface area contributed by atoms with Crippen molar-refractivity contribution in [1.82, 2.24) is 10.2 Å². The summed E-state index contributed by atoms with van der Waals surface area (Å²) in [6, 6.07) is 14.7. The number of aromatic nitrogens is 2. The van der Waals surface area contributed by atoms with Crippen LogP contribution in [-0.2, 0) is 4.79 Å². The number of benzene rings is 2. The molecule has 3 rings (SSSR count). The SMILES string of the molecule is CC(=O)c1ccccc1NC(=O)[C@H](C)Sc1nnc(-c2ccc(C)cc2)o1. The number of anilines is 1. The Morgan fingerprint density at radius 3 is 2.48 bits per heavy atom. The van der Waals surface area contributed by atoms with Crippen LogP contribution < -0.4 is 5.32 Å². The Balaban J connectivity index is 1.67. The van der Waals surface area contributed by atoms with Crippen LogP contribution in [0.2, 0.25) is 0 Å². The number of carbonyl (C=O) groups is 2. The van der Waals surface area contributed by atoms with Crippen molar-refractivity contribution in [2.24, 2.45) is 0 Å². The molecule has 1 aromatic heterocycles. The molecule has 0 saturated heterocycles. The van der Waals surface area contributed by atoms with Gasteiger partial charge in [-0.2, -0.15) is 0 Å². The third kappa shape index (κ3) is 4.62. The summed E-state index contributed by atoms with van der Waals surface area (Å²) in [7, 11) is 0. The van der Waals surface area contributed by atoms with Crippen LogP contribution in [0.25, 0.3) is 11.5 Å². The number of nitrogens with one attached hydrogen (secondary N) is 1. The normalized spacial score (nSPS) is 11.8. The van der Waals surface area contributed by atoms with Crippen LogP contribution in [0.1, 0.15) is 29.8 Å². The molecule has 0 aliphatic heterocycles. The molecule has 0 aliphatic rings. The predicted molar refractivity (Wildman–Crippen MR) is 105 cm³/mol. The van der Waals surface area contributed by atoms with Crippen molar-refractivity contribution in [3.8, 4) is 11.5 Å². The van der Waals surface area contributed by atoms with Crippen LogP contribution in [0.5, 0.6) is 0 Å². The van der Waals surface area contributed by atoms with E-state index in [9.17, 15) is 9.59 Å². The second-order valence-corrected chi connectivity index (χ2v) is 7.38. The van der Waals surface area contributed by atoms with E-state index in [1.807, 2.05) is 31.2 Å². The maximum atomic E-state index is 12.5. The minimum Gasteiger partial charge on any atom is -0.411 e. The lowest BCUT2D eigenvalue weighted by molar-refractivity contribution is -0.115. The lowest BCUT2D eigenvalue weighted by Crippen LogP contribution is -2.23. The summed E-state index contributed by atoms with van der Waals surface area (Å²) in [6.45, 7) is 5.21. The molecule has 0 spiro atoms. The van der Waals surface area contributed by atoms with Crippen LogP contribution >= 0.6 is 11.8 Å². The van der Waals surface area contributed by atoms with Crippen molar-refractivity contribution in [2.75, 3.05) is 5.32 Å². The first kappa shape index (κ1) is 18.8. The van der Waals surface area contributed by atoms with Gasteiger partial charge in [0.05, 0.1) is 10.9 Å². The minimum atomic E-state index is -0.476. The number of Topliss-reactive ketones (excluding diaryl/α,β-unsaturated/α-hetero) is 1. The van der Waals surface area contributed by atoms with Crippen molar-refractivity contribution in [3.05, 3.63) is 59.7 Å². The molecule has 138 valence electrons. The fourth-order valence-electron chi connectivity index (χ4n) is 2.41. The van der Waals surface area contributed by atoms with E-state index < -0.39 is 5.25 Å². The molecule has 27 heavy (non-hydrogen) atoms. The van der Waals surface area contributed by atoms with Gasteiger partial charge in [-0.25, -0.2) is 0 Å². The fourth-order valence-corrected chi connectivity index (χ4v) is 3.09. The molecule has 1 N–H and O–H groups in total. The Hall–Kier alpha value is -2.93. The fraction of sp³-hybridized carbons (Fsp3) is 0.200. The van der Waals surface area contributed by atoms with Gasteiger partial charge in [0, 0.05) is 11.1 Å². The van der Waals surface area contributed by atoms with Gasteiger partial charge < -0.3 is 9.73 Å². The highest BCUT2D eigenvalue weighted by Gasteiger charge is 2.20. The van der Waals surface area contributed by atoms with E-state index in [0.29, 0.717) is 22.4 Å². The van der Waals surface area contributed by atoms with E-state index in [1.165, 1.54) is 18.7 Å². The average Bonchev–Trinajstić information content (AvgIpc) is 3.11. The van der Waals surface area contributed by atoms with Crippen molar-refractivity contribution in [3.63, 3.8) is 0 Å². The van der Waals surface area contributed by atoms with Crippen molar-refractivity contribution in [1.29, 1.82) is 0 Å². The Labute approximate surface area is 161 Å². The van der Waals surface area contributed by atoms with E-state index in [-0.39, 0.29) is 11.7 Å². The van der Waals surface area contributed by atoms with E-state index in [2.05, 4.69) is 15.5 Å². The van der Waals surface area contributed by atoms with Crippen molar-refractivity contribution in [2.45, 2.75) is 31.2 Å². The molecule has 0 bridgehead atoms. The van der Waals surface area contributed by atoms with Gasteiger partial charge >= 0.3 is 0 Å². The predicted octanol–water partition coefficient (Wildman–Crippen LogP) is 4.37. The van der Waals surface area contributed by atoms with Crippen LogP contribution in [-0.4, -0.2) is 27.1 Å². The topological polar surface area (TPSA) is 85.1 Å². The molecule has 6 nitrogen and oxygen atoms in total. The molecule has 0 radical (unpaired) electrons. The van der Waals surface area contributed by atoms with Gasteiger partial charge in [0.2, 0.25) is 11.8 Å². The summed E-state index contributed by atoms with van der Waals surface area (Å²) >= 11 is 1.17. The molecular formula is C20H19N3O3S. The lowest BCUT2D eigenvalue weighted by atomic mass is 10.1. The number of thioether (sulfide) groups is 1. The number of hydrogen-bond acceptors (Lipinski definition) is 6. The summed E-state index contributed by atoms with van der Waals surface area (Å²) < 4.78 is 5.65. The maximum absolute atomic E-state index is 12.5. The van der Waals surface area contributed by atoms with Crippen molar-refractivity contribution >= 4 is 29.1 Å². The van der Waals surface area contributed by atoms with Crippen LogP contribution in [0.4, 0.5) is 5.69 Å². The zero-order valence-electron chi connectivity index (χ0n) is 15.2. The van der Waals surface area contributed by atoms with Crippen LogP contribution in [0, 0.1) is 6.92 Å². The highest BCUT2D eigenvalue weighted by molar-refractivity contribution is 8.00. The number of carbonyl (C=O) groups excluding carboxylic acids is 2. The Morgan fingerprint density at radius 1 is 1.07 bits per heavy atom. The smallest absolute Gasteiger partial charge is 0.277 e. The van der Waals surface area contributed by atoms with Gasteiger partial charge in [0.25, 0.3) is 5.22 Å². The van der Waals surface area contributed by atoms with Gasteiger partial charge in [-0.15, -0.1) is 10.2 Å². The first-order chi connectivity index (χ1) is 12.9.